The Morgan fingerprint density at radius 1 is 1.07 bits per heavy atom. The van der Waals surface area contributed by atoms with E-state index in [0.717, 1.165) is 12.0 Å². The summed E-state index contributed by atoms with van der Waals surface area (Å²) in [4.78, 5) is 13.2. The molecule has 1 amide bonds. The lowest BCUT2D eigenvalue weighted by atomic mass is 9.93. The van der Waals surface area contributed by atoms with Gasteiger partial charge in [-0.2, -0.15) is 4.31 Å². The molecule has 1 atom stereocenters. The third kappa shape index (κ3) is 5.62. The lowest BCUT2D eigenvalue weighted by Gasteiger charge is -2.32. The molecule has 1 saturated heterocycles. The maximum Gasteiger partial charge on any atom is 0.243 e. The van der Waals surface area contributed by atoms with Crippen LogP contribution in [0.3, 0.4) is 0 Å². The van der Waals surface area contributed by atoms with E-state index in [1.54, 1.807) is 12.1 Å². The summed E-state index contributed by atoms with van der Waals surface area (Å²) in [6, 6.07) is 16.2. The Morgan fingerprint density at radius 2 is 1.67 bits per heavy atom. The summed E-state index contributed by atoms with van der Waals surface area (Å²) in [6.07, 6.45) is 1.89. The molecule has 2 aromatic carbocycles. The topological polar surface area (TPSA) is 66.5 Å². The third-order valence-electron chi connectivity index (χ3n) is 5.50. The highest BCUT2D eigenvalue weighted by Crippen LogP contribution is 2.27. The minimum absolute atomic E-state index is 0.00745. The highest BCUT2D eigenvalue weighted by molar-refractivity contribution is 7.89. The van der Waals surface area contributed by atoms with Crippen LogP contribution in [0.5, 0.6) is 0 Å². The normalized spacial score (nSPS) is 17.1. The Bertz CT molecular complexity index is 938. The second-order valence-corrected chi connectivity index (χ2v) is 10.6. The Labute approximate surface area is 184 Å². The highest BCUT2D eigenvalue weighted by Gasteiger charge is 2.32. The van der Waals surface area contributed by atoms with E-state index in [9.17, 15) is 13.2 Å². The SMILES string of the molecule is CC(C)CC(NC(=O)C1CCN(S(=O)(=O)c2ccc(Cl)cc2)CC1)c1ccccc1. The van der Waals surface area contributed by atoms with E-state index in [4.69, 9.17) is 11.6 Å². The average Bonchev–Trinajstić information content (AvgIpc) is 2.74. The van der Waals surface area contributed by atoms with Gasteiger partial charge in [-0.3, -0.25) is 4.79 Å². The van der Waals surface area contributed by atoms with Gasteiger partial charge in [0, 0.05) is 24.0 Å². The molecular formula is C23H29ClN2O3S. The lowest BCUT2D eigenvalue weighted by Crippen LogP contribution is -2.43. The Balaban J connectivity index is 1.62. The number of rotatable bonds is 7. The maximum atomic E-state index is 12.9. The maximum absolute atomic E-state index is 12.9. The first-order valence-corrected chi connectivity index (χ1v) is 12.2. The minimum Gasteiger partial charge on any atom is -0.349 e. The monoisotopic (exact) mass is 448 g/mol. The molecular weight excluding hydrogens is 420 g/mol. The summed E-state index contributed by atoms with van der Waals surface area (Å²) in [7, 11) is -3.57. The molecule has 3 rings (SSSR count). The van der Waals surface area contributed by atoms with Crippen LogP contribution in [0.1, 0.15) is 44.7 Å². The first kappa shape index (κ1) is 22.8. The summed E-state index contributed by atoms with van der Waals surface area (Å²) in [5, 5.41) is 3.70. The zero-order valence-electron chi connectivity index (χ0n) is 17.4. The zero-order chi connectivity index (χ0) is 21.7. The van der Waals surface area contributed by atoms with E-state index in [-0.39, 0.29) is 22.8 Å². The van der Waals surface area contributed by atoms with Crippen LogP contribution in [0.15, 0.2) is 59.5 Å². The summed E-state index contributed by atoms with van der Waals surface area (Å²) >= 11 is 5.87. The van der Waals surface area contributed by atoms with Gasteiger partial charge in [-0.1, -0.05) is 55.8 Å². The van der Waals surface area contributed by atoms with Gasteiger partial charge >= 0.3 is 0 Å². The number of sulfonamides is 1. The summed E-state index contributed by atoms with van der Waals surface area (Å²) in [5.74, 6) is 0.273. The van der Waals surface area contributed by atoms with Crippen LogP contribution in [0.25, 0.3) is 0 Å². The molecule has 5 nitrogen and oxygen atoms in total. The van der Waals surface area contributed by atoms with Crippen molar-refractivity contribution in [2.75, 3.05) is 13.1 Å². The van der Waals surface area contributed by atoms with Crippen LogP contribution in [0.4, 0.5) is 0 Å². The molecule has 2 aromatic rings. The van der Waals surface area contributed by atoms with E-state index >= 15 is 0 Å². The van der Waals surface area contributed by atoms with Crippen molar-refractivity contribution in [3.8, 4) is 0 Å². The van der Waals surface area contributed by atoms with Gasteiger partial charge in [0.05, 0.1) is 10.9 Å². The summed E-state index contributed by atoms with van der Waals surface area (Å²) < 4.78 is 27.1. The first-order chi connectivity index (χ1) is 14.3. The van der Waals surface area contributed by atoms with Crippen molar-refractivity contribution < 1.29 is 13.2 Å². The van der Waals surface area contributed by atoms with Gasteiger partial charge in [-0.15, -0.1) is 0 Å². The van der Waals surface area contributed by atoms with Crippen molar-refractivity contribution in [3.05, 3.63) is 65.2 Å². The van der Waals surface area contributed by atoms with Gasteiger partial charge in [-0.25, -0.2) is 8.42 Å². The molecule has 1 aliphatic heterocycles. The quantitative estimate of drug-likeness (QED) is 0.670. The van der Waals surface area contributed by atoms with Crippen LogP contribution < -0.4 is 5.32 Å². The van der Waals surface area contributed by atoms with Gasteiger partial charge < -0.3 is 5.32 Å². The molecule has 0 radical (unpaired) electrons. The summed E-state index contributed by atoms with van der Waals surface area (Å²) in [6.45, 7) is 4.96. The van der Waals surface area contributed by atoms with Crippen LogP contribution in [0, 0.1) is 11.8 Å². The van der Waals surface area contributed by atoms with E-state index in [1.807, 2.05) is 30.3 Å². The first-order valence-electron chi connectivity index (χ1n) is 10.4. The van der Waals surface area contributed by atoms with Crippen LogP contribution in [-0.2, 0) is 14.8 Å². The number of amides is 1. The Hall–Kier alpha value is -1.89. The lowest BCUT2D eigenvalue weighted by molar-refractivity contribution is -0.127. The van der Waals surface area contributed by atoms with Crippen molar-refractivity contribution in [2.45, 2.75) is 44.0 Å². The fourth-order valence-electron chi connectivity index (χ4n) is 3.84. The molecule has 1 aliphatic rings. The highest BCUT2D eigenvalue weighted by atomic mass is 35.5. The number of benzene rings is 2. The molecule has 162 valence electrons. The van der Waals surface area contributed by atoms with Crippen molar-refractivity contribution in [1.82, 2.24) is 9.62 Å². The number of hydrogen-bond donors (Lipinski definition) is 1. The van der Waals surface area contributed by atoms with E-state index in [0.29, 0.717) is 36.9 Å². The van der Waals surface area contributed by atoms with E-state index in [2.05, 4.69) is 19.2 Å². The molecule has 30 heavy (non-hydrogen) atoms. The van der Waals surface area contributed by atoms with Gasteiger partial charge in [0.25, 0.3) is 0 Å². The fourth-order valence-corrected chi connectivity index (χ4v) is 5.43. The molecule has 1 unspecified atom stereocenters. The number of nitrogens with one attached hydrogen (secondary N) is 1. The number of piperidine rings is 1. The predicted octanol–water partition coefficient (Wildman–Crippen LogP) is 4.64. The number of halogens is 1. The van der Waals surface area contributed by atoms with E-state index < -0.39 is 10.0 Å². The molecule has 1 heterocycles. The van der Waals surface area contributed by atoms with Crippen LogP contribution in [0.2, 0.25) is 5.02 Å². The molecule has 7 heteroatoms. The van der Waals surface area contributed by atoms with Gasteiger partial charge in [0.15, 0.2) is 0 Å². The molecule has 1 fully saturated rings. The third-order valence-corrected chi connectivity index (χ3v) is 7.67. The molecule has 0 spiro atoms. The predicted molar refractivity (Wildman–Crippen MR) is 120 cm³/mol. The average molecular weight is 449 g/mol. The van der Waals surface area contributed by atoms with Crippen molar-refractivity contribution in [1.29, 1.82) is 0 Å². The van der Waals surface area contributed by atoms with Gasteiger partial charge in [0.1, 0.15) is 0 Å². The molecule has 0 bridgehead atoms. The minimum atomic E-state index is -3.57. The van der Waals surface area contributed by atoms with Crippen molar-refractivity contribution in [2.24, 2.45) is 11.8 Å². The van der Waals surface area contributed by atoms with Gasteiger partial charge in [-0.05, 0) is 55.0 Å². The number of nitrogens with zero attached hydrogens (tertiary/aromatic N) is 1. The Morgan fingerprint density at radius 3 is 2.23 bits per heavy atom. The number of carbonyl (C=O) groups excluding carboxylic acids is 1. The zero-order valence-corrected chi connectivity index (χ0v) is 19.0. The molecule has 0 aliphatic carbocycles. The molecule has 0 saturated carbocycles. The van der Waals surface area contributed by atoms with Crippen molar-refractivity contribution in [3.63, 3.8) is 0 Å². The Kier molecular flexibility index (Phi) is 7.55. The second-order valence-electron chi connectivity index (χ2n) is 8.23. The van der Waals surface area contributed by atoms with Crippen molar-refractivity contribution >= 4 is 27.5 Å². The number of carbonyl (C=O) groups is 1. The smallest absolute Gasteiger partial charge is 0.243 e. The standard InChI is InChI=1S/C23H29ClN2O3S/c1-17(2)16-22(18-6-4-3-5-7-18)25-23(27)19-12-14-26(15-13-19)30(28,29)21-10-8-20(24)9-11-21/h3-11,17,19,22H,12-16H2,1-2H3,(H,25,27). The number of hydrogen-bond acceptors (Lipinski definition) is 3. The summed E-state index contributed by atoms with van der Waals surface area (Å²) in [5.41, 5.74) is 1.10. The van der Waals surface area contributed by atoms with Gasteiger partial charge in [0.2, 0.25) is 15.9 Å². The fraction of sp³-hybridized carbons (Fsp3) is 0.435. The van der Waals surface area contributed by atoms with Crippen LogP contribution >= 0.6 is 11.6 Å². The largest absolute Gasteiger partial charge is 0.349 e. The van der Waals surface area contributed by atoms with Crippen LogP contribution in [-0.4, -0.2) is 31.7 Å². The molecule has 1 N–H and O–H groups in total. The molecule has 0 aromatic heterocycles. The second kappa shape index (κ2) is 9.94. The van der Waals surface area contributed by atoms with E-state index in [1.165, 1.54) is 16.4 Å².